The highest BCUT2D eigenvalue weighted by Gasteiger charge is 2.34. The van der Waals surface area contributed by atoms with Gasteiger partial charge in [0.1, 0.15) is 0 Å². The van der Waals surface area contributed by atoms with Gasteiger partial charge in [-0.25, -0.2) is 0 Å². The summed E-state index contributed by atoms with van der Waals surface area (Å²) in [6.45, 7) is 3.29. The number of hydrogen-bond acceptors (Lipinski definition) is 5. The van der Waals surface area contributed by atoms with Crippen LogP contribution in [0.2, 0.25) is 0 Å². The first-order valence-corrected chi connectivity index (χ1v) is 12.4. The Morgan fingerprint density at radius 3 is 2.59 bits per heavy atom. The summed E-state index contributed by atoms with van der Waals surface area (Å²) in [5.74, 6) is 0. The number of nitrogens with zero attached hydrogens (tertiary/aromatic N) is 1. The fourth-order valence-electron chi connectivity index (χ4n) is 4.90. The molecular weight excluding hydrogens is 481 g/mol. The van der Waals surface area contributed by atoms with Gasteiger partial charge in [0.05, 0.1) is 22.6 Å². The maximum absolute atomic E-state index is 13.7. The third-order valence-corrected chi connectivity index (χ3v) is 7.79. The molecule has 3 aliphatic rings. The minimum atomic E-state index is -4.40. The Morgan fingerprint density at radius 2 is 1.91 bits per heavy atom. The number of fused-ring (bicyclic) bond motifs is 2. The van der Waals surface area contributed by atoms with Gasteiger partial charge >= 0.3 is 6.18 Å². The Morgan fingerprint density at radius 1 is 1.12 bits per heavy atom. The van der Waals surface area contributed by atoms with Gasteiger partial charge in [-0.3, -0.25) is 0 Å². The van der Waals surface area contributed by atoms with E-state index in [1.807, 2.05) is 6.07 Å². The Balaban J connectivity index is 0.00000274. The number of anilines is 3. The lowest BCUT2D eigenvalue weighted by atomic mass is 10.0. The van der Waals surface area contributed by atoms with Gasteiger partial charge in [-0.05, 0) is 67.5 Å². The molecule has 0 saturated carbocycles. The molecule has 1 aliphatic carbocycles. The molecule has 4 N–H and O–H groups in total. The molecule has 9 heteroatoms. The van der Waals surface area contributed by atoms with Gasteiger partial charge in [0.15, 0.2) is 0 Å². The van der Waals surface area contributed by atoms with Crippen molar-refractivity contribution in [2.45, 2.75) is 54.1 Å². The zero-order valence-corrected chi connectivity index (χ0v) is 20.5. The SMILES string of the molecule is Cl.NCCN1CCC(Nc2cc(C(F)(F)F)cc3c2Nc2ccc(C4=CCCC4)cc2S3)CC1. The van der Waals surface area contributed by atoms with Crippen LogP contribution in [0.5, 0.6) is 0 Å². The quantitative estimate of drug-likeness (QED) is 0.355. The Labute approximate surface area is 208 Å². The second-order valence-electron chi connectivity index (χ2n) is 9.00. The van der Waals surface area contributed by atoms with Crippen LogP contribution in [0, 0.1) is 0 Å². The van der Waals surface area contributed by atoms with Crippen molar-refractivity contribution in [1.82, 2.24) is 4.90 Å². The van der Waals surface area contributed by atoms with Crippen molar-refractivity contribution < 1.29 is 13.2 Å². The number of halogens is 4. The summed E-state index contributed by atoms with van der Waals surface area (Å²) in [6.07, 6.45) is 2.95. The van der Waals surface area contributed by atoms with Crippen LogP contribution in [-0.2, 0) is 6.18 Å². The normalized spacial score (nSPS) is 18.4. The van der Waals surface area contributed by atoms with Crippen LogP contribution in [0.25, 0.3) is 5.57 Å². The molecule has 0 aromatic heterocycles. The van der Waals surface area contributed by atoms with E-state index in [1.165, 1.54) is 35.0 Å². The van der Waals surface area contributed by atoms with Crippen molar-refractivity contribution in [2.75, 3.05) is 36.8 Å². The van der Waals surface area contributed by atoms with Gasteiger partial charge in [0, 0.05) is 42.0 Å². The summed E-state index contributed by atoms with van der Waals surface area (Å²) in [4.78, 5) is 3.88. The van der Waals surface area contributed by atoms with Crippen LogP contribution in [0.4, 0.5) is 30.2 Å². The molecule has 0 radical (unpaired) electrons. The summed E-state index contributed by atoms with van der Waals surface area (Å²) in [6, 6.07) is 8.92. The van der Waals surface area contributed by atoms with Crippen molar-refractivity contribution in [3.63, 3.8) is 0 Å². The van der Waals surface area contributed by atoms with E-state index in [0.29, 0.717) is 17.1 Å². The van der Waals surface area contributed by atoms with Gasteiger partial charge in [0.2, 0.25) is 0 Å². The largest absolute Gasteiger partial charge is 0.416 e. The summed E-state index contributed by atoms with van der Waals surface area (Å²) < 4.78 is 41.2. The second-order valence-corrected chi connectivity index (χ2v) is 10.1. The molecule has 1 fully saturated rings. The molecule has 0 bridgehead atoms. The van der Waals surface area contributed by atoms with Crippen LogP contribution in [0.3, 0.4) is 0 Å². The number of alkyl halides is 3. The summed E-state index contributed by atoms with van der Waals surface area (Å²) >= 11 is 1.42. The minimum absolute atomic E-state index is 0. The number of hydrogen-bond donors (Lipinski definition) is 3. The summed E-state index contributed by atoms with van der Waals surface area (Å²) in [5, 5.41) is 6.86. The molecule has 2 aromatic carbocycles. The summed E-state index contributed by atoms with van der Waals surface area (Å²) in [7, 11) is 0. The van der Waals surface area contributed by atoms with Crippen LogP contribution in [0.15, 0.2) is 46.2 Å². The standard InChI is InChI=1S/C25H29F3N4S.ClH/c26-25(27,28)18-14-21(30-19-7-10-32(11-8-19)12-9-29)24-23(15-18)33-22-13-17(5-6-20(22)31-24)16-3-1-2-4-16;/h3,5-6,13-15,19,30-31H,1-2,4,7-12,29H2;1H. The van der Waals surface area contributed by atoms with E-state index in [2.05, 4.69) is 33.7 Å². The van der Waals surface area contributed by atoms with Gasteiger partial charge in [-0.2, -0.15) is 13.2 Å². The highest BCUT2D eigenvalue weighted by atomic mass is 35.5. The first kappa shape index (κ1) is 25.2. The topological polar surface area (TPSA) is 53.3 Å². The van der Waals surface area contributed by atoms with Gasteiger partial charge in [0.25, 0.3) is 0 Å². The molecule has 0 atom stereocenters. The zero-order chi connectivity index (χ0) is 23.0. The molecule has 184 valence electrons. The number of nitrogens with one attached hydrogen (secondary N) is 2. The smallest absolute Gasteiger partial charge is 0.380 e. The molecule has 0 amide bonds. The third-order valence-electron chi connectivity index (χ3n) is 6.69. The number of allylic oxidation sites excluding steroid dienone is 2. The zero-order valence-electron chi connectivity index (χ0n) is 18.9. The van der Waals surface area contributed by atoms with Crippen molar-refractivity contribution in [3.05, 3.63) is 47.5 Å². The molecule has 34 heavy (non-hydrogen) atoms. The van der Waals surface area contributed by atoms with Crippen molar-refractivity contribution in [3.8, 4) is 0 Å². The average molecular weight is 511 g/mol. The number of likely N-dealkylation sites (tertiary alicyclic amines) is 1. The molecule has 5 rings (SSSR count). The number of nitrogens with two attached hydrogens (primary N) is 1. The Bertz CT molecular complexity index is 1060. The molecule has 0 unspecified atom stereocenters. The van der Waals surface area contributed by atoms with E-state index < -0.39 is 11.7 Å². The van der Waals surface area contributed by atoms with Crippen molar-refractivity contribution in [1.29, 1.82) is 0 Å². The van der Waals surface area contributed by atoms with E-state index in [0.717, 1.165) is 68.0 Å². The van der Waals surface area contributed by atoms with Crippen LogP contribution >= 0.6 is 24.2 Å². The molecule has 1 saturated heterocycles. The molecule has 2 aromatic rings. The lowest BCUT2D eigenvalue weighted by Gasteiger charge is -2.34. The number of benzene rings is 2. The predicted molar refractivity (Wildman–Crippen MR) is 137 cm³/mol. The van der Waals surface area contributed by atoms with E-state index in [1.54, 1.807) is 0 Å². The maximum atomic E-state index is 13.7. The van der Waals surface area contributed by atoms with Crippen molar-refractivity contribution >= 4 is 46.8 Å². The minimum Gasteiger partial charge on any atom is -0.380 e. The average Bonchev–Trinajstić information content (AvgIpc) is 3.33. The molecule has 4 nitrogen and oxygen atoms in total. The lowest BCUT2D eigenvalue weighted by molar-refractivity contribution is -0.137. The highest BCUT2D eigenvalue weighted by molar-refractivity contribution is 7.99. The monoisotopic (exact) mass is 510 g/mol. The second kappa shape index (κ2) is 10.4. The highest BCUT2D eigenvalue weighted by Crippen LogP contribution is 2.50. The first-order chi connectivity index (χ1) is 15.9. The Hall–Kier alpha value is -1.87. The van der Waals surface area contributed by atoms with E-state index in [9.17, 15) is 13.2 Å². The fraction of sp³-hybridized carbons (Fsp3) is 0.440. The van der Waals surface area contributed by atoms with E-state index in [-0.39, 0.29) is 18.4 Å². The Kier molecular flexibility index (Phi) is 7.72. The molecule has 0 spiro atoms. The van der Waals surface area contributed by atoms with Crippen LogP contribution < -0.4 is 16.4 Å². The number of piperidine rings is 1. The molecule has 2 aliphatic heterocycles. The molecular formula is C25H30ClF3N4S. The van der Waals surface area contributed by atoms with E-state index in [4.69, 9.17) is 5.73 Å². The third kappa shape index (κ3) is 5.35. The number of rotatable bonds is 5. The van der Waals surface area contributed by atoms with Gasteiger partial charge in [-0.15, -0.1) is 12.4 Å². The van der Waals surface area contributed by atoms with Gasteiger partial charge < -0.3 is 21.3 Å². The maximum Gasteiger partial charge on any atom is 0.416 e. The fourth-order valence-corrected chi connectivity index (χ4v) is 6.00. The first-order valence-electron chi connectivity index (χ1n) is 11.6. The molecule has 2 heterocycles. The van der Waals surface area contributed by atoms with Gasteiger partial charge in [-0.1, -0.05) is 23.9 Å². The van der Waals surface area contributed by atoms with E-state index >= 15 is 0 Å². The van der Waals surface area contributed by atoms with Crippen molar-refractivity contribution in [2.24, 2.45) is 5.73 Å². The van der Waals surface area contributed by atoms with Crippen LogP contribution in [0.1, 0.15) is 43.2 Å². The lowest BCUT2D eigenvalue weighted by Crippen LogP contribution is -2.41. The van der Waals surface area contributed by atoms with Crippen LogP contribution in [-0.4, -0.2) is 37.1 Å². The predicted octanol–water partition coefficient (Wildman–Crippen LogP) is 6.74. The summed E-state index contributed by atoms with van der Waals surface area (Å²) in [5.41, 5.74) is 9.74.